The molecule has 11 heteroatoms. The maximum Gasteiger partial charge on any atom is 0.261 e. The number of hydrogen-bond acceptors (Lipinski definition) is 9. The predicted octanol–water partition coefficient (Wildman–Crippen LogP) is -0.915. The van der Waals surface area contributed by atoms with Crippen LogP contribution in [0.5, 0.6) is 0 Å². The van der Waals surface area contributed by atoms with Crippen molar-refractivity contribution in [1.82, 2.24) is 9.80 Å². The number of thioether (sulfide) groups is 1. The number of fused-ring (bicyclic) bond motifs is 2. The molecule has 1 saturated carbocycles. The van der Waals surface area contributed by atoms with Gasteiger partial charge >= 0.3 is 0 Å². The van der Waals surface area contributed by atoms with Gasteiger partial charge in [-0.3, -0.25) is 14.4 Å². The third-order valence-electron chi connectivity index (χ3n) is 7.88. The molecule has 0 unspecified atom stereocenters. The first kappa shape index (κ1) is 17.9. The van der Waals surface area contributed by atoms with Gasteiger partial charge in [-0.15, -0.1) is 11.8 Å². The van der Waals surface area contributed by atoms with Gasteiger partial charge in [-0.25, -0.2) is 0 Å². The van der Waals surface area contributed by atoms with Gasteiger partial charge in [0.15, 0.2) is 9.74 Å². The number of aliphatic hydroxyl groups excluding tert-OH is 2. The van der Waals surface area contributed by atoms with Gasteiger partial charge in [-0.1, -0.05) is 33.7 Å². The molecule has 8 nitrogen and oxygen atoms in total. The molecule has 1 spiro atoms. The van der Waals surface area contributed by atoms with Crippen LogP contribution in [0.25, 0.3) is 0 Å². The van der Waals surface area contributed by atoms with E-state index in [2.05, 4.69) is 0 Å². The van der Waals surface area contributed by atoms with Gasteiger partial charge in [-0.05, 0) is 0 Å². The van der Waals surface area contributed by atoms with Crippen LogP contribution in [-0.2, 0) is 14.4 Å². The molecule has 2 aliphatic carbocycles. The number of rotatable bonds is 0. The van der Waals surface area contributed by atoms with Crippen LogP contribution >= 0.6 is 33.3 Å². The Morgan fingerprint density at radius 3 is 2.62 bits per heavy atom. The fourth-order valence-electron chi connectivity index (χ4n) is 6.73. The van der Waals surface area contributed by atoms with E-state index in [4.69, 9.17) is 0 Å². The molecule has 10 atom stereocenters. The Balaban J connectivity index is 1.45. The van der Waals surface area contributed by atoms with Crippen LogP contribution in [0.2, 0.25) is 0 Å². The Morgan fingerprint density at radius 1 is 1.07 bits per heavy atom. The smallest absolute Gasteiger partial charge is 0.261 e. The largest absolute Gasteiger partial charge is 0.390 e. The molecule has 0 radical (unpaired) electrons. The van der Waals surface area contributed by atoms with Gasteiger partial charge < -0.3 is 25.1 Å². The fourth-order valence-corrected chi connectivity index (χ4v) is 12.1. The van der Waals surface area contributed by atoms with Crippen LogP contribution in [0.15, 0.2) is 12.2 Å². The van der Waals surface area contributed by atoms with Crippen molar-refractivity contribution in [2.75, 3.05) is 0 Å². The fraction of sp³-hybridized carbons (Fsp3) is 0.722. The summed E-state index contributed by atoms with van der Waals surface area (Å²) in [6, 6.07) is -1.58. The van der Waals surface area contributed by atoms with Crippen molar-refractivity contribution in [3.8, 4) is 0 Å². The second-order valence-corrected chi connectivity index (χ2v) is 13.3. The highest BCUT2D eigenvalue weighted by atomic mass is 33.1. The molecule has 154 valence electrons. The zero-order valence-electron chi connectivity index (χ0n) is 15.0. The number of nitrogens with zero attached hydrogens (tertiary/aromatic N) is 2. The standard InChI is InChI=1S/C18H18N2O6S3/c21-7-1-2-10-16(26)5-18(27-10)15(25)19-11-6-4-17(19,14(24)20(18)13(7)16)29-28-9(12(11)23)3-8(6)22/h1-2,6-7,9-13,21,23,26H,3-5H2/t6-,7-,9-,10-,11-,12-,13+,16+,17+,18+/m0/s1. The van der Waals surface area contributed by atoms with Crippen molar-refractivity contribution < 1.29 is 29.7 Å². The maximum absolute atomic E-state index is 14.0. The van der Waals surface area contributed by atoms with E-state index >= 15 is 0 Å². The lowest BCUT2D eigenvalue weighted by molar-refractivity contribution is -0.171. The lowest BCUT2D eigenvalue weighted by atomic mass is 9.80. The molecule has 5 saturated heterocycles. The zero-order valence-corrected chi connectivity index (χ0v) is 17.5. The average Bonchev–Trinajstić information content (AvgIpc) is 3.25. The monoisotopic (exact) mass is 454 g/mol. The first-order valence-corrected chi connectivity index (χ1v) is 12.8. The molecule has 0 aromatic heterocycles. The molecule has 29 heavy (non-hydrogen) atoms. The SMILES string of the molecule is O=C1C[C@@H]2SS[C@@]34C[C@@H]1[C@@H]([C@H]2O)N3C(=O)[C@]12C[C@@]3(O)[C@H](C=C[C@H](O)[C@H]3N1C4=O)S2. The van der Waals surface area contributed by atoms with Crippen molar-refractivity contribution in [1.29, 1.82) is 0 Å². The van der Waals surface area contributed by atoms with Crippen LogP contribution < -0.4 is 0 Å². The van der Waals surface area contributed by atoms with Crippen LogP contribution in [0.3, 0.4) is 0 Å². The summed E-state index contributed by atoms with van der Waals surface area (Å²) < 4.78 is 0. The molecule has 5 heterocycles. The summed E-state index contributed by atoms with van der Waals surface area (Å²) >= 11 is 1.26. The summed E-state index contributed by atoms with van der Waals surface area (Å²) in [5.41, 5.74) is -1.37. The average molecular weight is 455 g/mol. The number of Topliss-reactive ketones (excluding diaryl/α,β-unsaturated/α-hetero) is 1. The van der Waals surface area contributed by atoms with Gasteiger partial charge in [0.25, 0.3) is 11.8 Å². The van der Waals surface area contributed by atoms with Gasteiger partial charge in [0.1, 0.15) is 11.4 Å². The summed E-state index contributed by atoms with van der Waals surface area (Å²) in [6.07, 6.45) is 1.89. The molecular weight excluding hydrogens is 436 g/mol. The Bertz CT molecular complexity index is 945. The molecule has 0 aromatic rings. The van der Waals surface area contributed by atoms with E-state index in [9.17, 15) is 29.7 Å². The van der Waals surface area contributed by atoms with E-state index in [1.807, 2.05) is 0 Å². The second kappa shape index (κ2) is 5.02. The molecule has 7 rings (SSSR count). The van der Waals surface area contributed by atoms with Gasteiger partial charge in [0, 0.05) is 25.2 Å². The topological polar surface area (TPSA) is 118 Å². The lowest BCUT2D eigenvalue weighted by Gasteiger charge is -2.56. The number of amides is 2. The van der Waals surface area contributed by atoms with Gasteiger partial charge in [0.05, 0.1) is 34.8 Å². The summed E-state index contributed by atoms with van der Waals surface area (Å²) in [6.45, 7) is 0. The maximum atomic E-state index is 14.0. The normalized spacial score (nSPS) is 58.7. The van der Waals surface area contributed by atoms with Crippen LogP contribution in [0.1, 0.15) is 19.3 Å². The van der Waals surface area contributed by atoms with E-state index in [0.29, 0.717) is 0 Å². The summed E-state index contributed by atoms with van der Waals surface area (Å²) in [5, 5.41) is 32.3. The molecule has 7 aliphatic rings. The minimum atomic E-state index is -1.37. The molecule has 5 bridgehead atoms. The number of carbonyl (C=O) groups is 3. The van der Waals surface area contributed by atoms with Gasteiger partial charge in [-0.2, -0.15) is 0 Å². The third kappa shape index (κ3) is 1.67. The Hall–Kier alpha value is -0.720. The number of piperazine rings is 1. The Labute approximate surface area is 177 Å². The van der Waals surface area contributed by atoms with E-state index in [1.165, 1.54) is 43.1 Å². The summed E-state index contributed by atoms with van der Waals surface area (Å²) in [5.74, 6) is -1.19. The van der Waals surface area contributed by atoms with E-state index in [0.717, 1.165) is 0 Å². The highest BCUT2D eigenvalue weighted by Gasteiger charge is 2.83. The van der Waals surface area contributed by atoms with Crippen molar-refractivity contribution in [2.45, 2.75) is 69.4 Å². The molecule has 2 amide bonds. The summed E-state index contributed by atoms with van der Waals surface area (Å²) in [7, 11) is 2.58. The Morgan fingerprint density at radius 2 is 1.83 bits per heavy atom. The van der Waals surface area contributed by atoms with E-state index in [1.54, 1.807) is 12.2 Å². The first-order valence-electron chi connectivity index (χ1n) is 9.74. The van der Waals surface area contributed by atoms with Gasteiger partial charge in [0.2, 0.25) is 0 Å². The van der Waals surface area contributed by atoms with E-state index < -0.39 is 45.6 Å². The van der Waals surface area contributed by atoms with Crippen molar-refractivity contribution in [3.05, 3.63) is 12.2 Å². The number of aliphatic hydroxyl groups is 3. The molecular formula is C18H18N2O6S3. The third-order valence-corrected chi connectivity index (χ3v) is 13.1. The zero-order chi connectivity index (χ0) is 20.1. The first-order chi connectivity index (χ1) is 13.7. The lowest BCUT2D eigenvalue weighted by Crippen LogP contribution is -2.76. The predicted molar refractivity (Wildman–Crippen MR) is 106 cm³/mol. The quantitative estimate of drug-likeness (QED) is 0.316. The molecule has 0 aromatic carbocycles. The highest BCUT2D eigenvalue weighted by Crippen LogP contribution is 2.70. The van der Waals surface area contributed by atoms with Crippen LogP contribution in [-0.4, -0.2) is 92.9 Å². The summed E-state index contributed by atoms with van der Waals surface area (Å²) in [4.78, 5) is 41.2. The molecule has 3 N–H and O–H groups in total. The minimum absolute atomic E-state index is 0.00107. The van der Waals surface area contributed by atoms with Crippen molar-refractivity contribution >= 4 is 50.9 Å². The minimum Gasteiger partial charge on any atom is -0.390 e. The second-order valence-electron chi connectivity index (χ2n) is 9.13. The molecule has 6 fully saturated rings. The van der Waals surface area contributed by atoms with Crippen molar-refractivity contribution in [2.24, 2.45) is 5.92 Å². The Kier molecular flexibility index (Phi) is 3.10. The number of carbonyl (C=O) groups excluding carboxylic acids is 3. The molecule has 5 aliphatic heterocycles. The van der Waals surface area contributed by atoms with E-state index in [-0.39, 0.29) is 47.4 Å². The number of hydrogen-bond donors (Lipinski definition) is 3. The highest BCUT2D eigenvalue weighted by molar-refractivity contribution is 8.77. The number of ketones is 1. The van der Waals surface area contributed by atoms with Crippen LogP contribution in [0.4, 0.5) is 0 Å². The van der Waals surface area contributed by atoms with Crippen molar-refractivity contribution in [3.63, 3.8) is 0 Å². The van der Waals surface area contributed by atoms with Crippen LogP contribution in [0, 0.1) is 5.92 Å².